The Kier molecular flexibility index (Phi) is 6.63. The second-order valence-corrected chi connectivity index (χ2v) is 3.68. The molecule has 0 aliphatic heterocycles. The van der Waals surface area contributed by atoms with E-state index < -0.39 is 0 Å². The van der Waals surface area contributed by atoms with Crippen molar-refractivity contribution in [2.45, 2.75) is 46.5 Å². The van der Waals surface area contributed by atoms with Crippen LogP contribution in [0, 0.1) is 11.8 Å². The van der Waals surface area contributed by atoms with E-state index in [4.69, 9.17) is 5.11 Å². The number of hydrogen-bond acceptors (Lipinski definition) is 1. The Labute approximate surface area is 70.8 Å². The Morgan fingerprint density at radius 3 is 1.36 bits per heavy atom. The molecule has 0 heterocycles. The standard InChI is InChI=1S/C8H16.C2H6O/c1-7-3-5-8(2)6-4-7;1-2-3/h7-8H,3-6H2,1-2H3;3H,2H2,1H3. The molecule has 1 aliphatic carbocycles. The van der Waals surface area contributed by atoms with Crippen LogP contribution in [0.15, 0.2) is 0 Å². The minimum atomic E-state index is 0.250. The van der Waals surface area contributed by atoms with Gasteiger partial charge in [0.1, 0.15) is 0 Å². The molecule has 0 spiro atoms. The van der Waals surface area contributed by atoms with Gasteiger partial charge in [-0.25, -0.2) is 0 Å². The topological polar surface area (TPSA) is 20.2 Å². The molecule has 0 amide bonds. The summed E-state index contributed by atoms with van der Waals surface area (Å²) in [6.45, 7) is 6.66. The third-order valence-electron chi connectivity index (χ3n) is 2.30. The number of hydrogen-bond donors (Lipinski definition) is 1. The van der Waals surface area contributed by atoms with Gasteiger partial charge in [0.25, 0.3) is 0 Å². The van der Waals surface area contributed by atoms with Crippen molar-refractivity contribution in [3.8, 4) is 0 Å². The molecule has 0 aromatic rings. The van der Waals surface area contributed by atoms with E-state index in [9.17, 15) is 0 Å². The highest BCUT2D eigenvalue weighted by molar-refractivity contribution is 4.65. The lowest BCUT2D eigenvalue weighted by atomic mass is 9.84. The number of rotatable bonds is 0. The summed E-state index contributed by atoms with van der Waals surface area (Å²) in [4.78, 5) is 0. The van der Waals surface area contributed by atoms with Gasteiger partial charge in [-0.05, 0) is 18.8 Å². The highest BCUT2D eigenvalue weighted by atomic mass is 16.2. The third-order valence-corrected chi connectivity index (χ3v) is 2.30. The Balaban J connectivity index is 0.000000292. The normalized spacial score (nSPS) is 30.5. The number of aliphatic hydroxyl groups excluding tert-OH is 1. The fraction of sp³-hybridized carbons (Fsp3) is 1.00. The summed E-state index contributed by atoms with van der Waals surface area (Å²) in [6, 6.07) is 0. The largest absolute Gasteiger partial charge is 0.397 e. The van der Waals surface area contributed by atoms with Crippen LogP contribution < -0.4 is 0 Å². The van der Waals surface area contributed by atoms with E-state index >= 15 is 0 Å². The first-order chi connectivity index (χ1) is 5.20. The number of aliphatic hydroxyl groups is 1. The fourth-order valence-electron chi connectivity index (χ4n) is 1.43. The smallest absolute Gasteiger partial charge is 0.0402 e. The molecular weight excluding hydrogens is 136 g/mol. The predicted molar refractivity (Wildman–Crippen MR) is 49.6 cm³/mol. The maximum Gasteiger partial charge on any atom is 0.0402 e. The van der Waals surface area contributed by atoms with E-state index in [2.05, 4.69) is 13.8 Å². The summed E-state index contributed by atoms with van der Waals surface area (Å²) in [7, 11) is 0. The molecule has 11 heavy (non-hydrogen) atoms. The first-order valence-electron chi connectivity index (χ1n) is 4.81. The van der Waals surface area contributed by atoms with Crippen LogP contribution in [0.2, 0.25) is 0 Å². The molecule has 1 nitrogen and oxygen atoms in total. The van der Waals surface area contributed by atoms with Crippen molar-refractivity contribution in [2.75, 3.05) is 6.61 Å². The fourth-order valence-corrected chi connectivity index (χ4v) is 1.43. The second-order valence-electron chi connectivity index (χ2n) is 3.68. The van der Waals surface area contributed by atoms with E-state index in [-0.39, 0.29) is 6.61 Å². The molecule has 1 heteroatoms. The van der Waals surface area contributed by atoms with Gasteiger partial charge in [0.15, 0.2) is 0 Å². The average molecular weight is 158 g/mol. The molecule has 0 unspecified atom stereocenters. The van der Waals surface area contributed by atoms with Crippen LogP contribution in [0.4, 0.5) is 0 Å². The van der Waals surface area contributed by atoms with Crippen LogP contribution in [0.5, 0.6) is 0 Å². The molecule has 0 atom stereocenters. The van der Waals surface area contributed by atoms with E-state index in [1.807, 2.05) is 0 Å². The molecule has 68 valence electrons. The van der Waals surface area contributed by atoms with Crippen molar-refractivity contribution < 1.29 is 5.11 Å². The zero-order valence-corrected chi connectivity index (χ0v) is 8.14. The van der Waals surface area contributed by atoms with Gasteiger partial charge in [0.2, 0.25) is 0 Å². The molecule has 0 saturated heterocycles. The van der Waals surface area contributed by atoms with Crippen molar-refractivity contribution in [3.63, 3.8) is 0 Å². The molecule has 0 radical (unpaired) electrons. The van der Waals surface area contributed by atoms with E-state index in [0.29, 0.717) is 0 Å². The van der Waals surface area contributed by atoms with Gasteiger partial charge in [-0.1, -0.05) is 39.5 Å². The Bertz CT molecular complexity index is 62.9. The molecular formula is C10H22O. The monoisotopic (exact) mass is 158 g/mol. The lowest BCUT2D eigenvalue weighted by molar-refractivity contribution is 0.308. The molecule has 0 bridgehead atoms. The van der Waals surface area contributed by atoms with Crippen molar-refractivity contribution in [1.29, 1.82) is 0 Å². The quantitative estimate of drug-likeness (QED) is 0.574. The van der Waals surface area contributed by atoms with Crippen LogP contribution in [0.25, 0.3) is 0 Å². The zero-order chi connectivity index (χ0) is 8.69. The van der Waals surface area contributed by atoms with Gasteiger partial charge in [0, 0.05) is 6.61 Å². The summed E-state index contributed by atoms with van der Waals surface area (Å²) in [5, 5.41) is 7.57. The Morgan fingerprint density at radius 2 is 1.18 bits per heavy atom. The molecule has 1 aliphatic rings. The van der Waals surface area contributed by atoms with E-state index in [0.717, 1.165) is 11.8 Å². The van der Waals surface area contributed by atoms with Crippen LogP contribution in [0.3, 0.4) is 0 Å². The van der Waals surface area contributed by atoms with Crippen LogP contribution in [-0.4, -0.2) is 11.7 Å². The van der Waals surface area contributed by atoms with Crippen molar-refractivity contribution in [2.24, 2.45) is 11.8 Å². The van der Waals surface area contributed by atoms with Crippen LogP contribution >= 0.6 is 0 Å². The summed E-state index contributed by atoms with van der Waals surface area (Å²) in [5.74, 6) is 2.04. The lowest BCUT2D eigenvalue weighted by Crippen LogP contribution is -2.08. The van der Waals surface area contributed by atoms with Crippen molar-refractivity contribution >= 4 is 0 Å². The predicted octanol–water partition coefficient (Wildman–Crippen LogP) is 2.83. The van der Waals surface area contributed by atoms with Gasteiger partial charge in [-0.15, -0.1) is 0 Å². The second kappa shape index (κ2) is 6.66. The first kappa shape index (κ1) is 11.0. The summed E-state index contributed by atoms with van der Waals surface area (Å²) in [6.07, 6.45) is 5.89. The van der Waals surface area contributed by atoms with E-state index in [1.165, 1.54) is 25.7 Å². The SMILES string of the molecule is CC1CCC(C)CC1.CCO. The summed E-state index contributed by atoms with van der Waals surface area (Å²) >= 11 is 0. The summed E-state index contributed by atoms with van der Waals surface area (Å²) < 4.78 is 0. The lowest BCUT2D eigenvalue weighted by Gasteiger charge is -2.22. The third kappa shape index (κ3) is 6.36. The Morgan fingerprint density at radius 1 is 1.00 bits per heavy atom. The first-order valence-corrected chi connectivity index (χ1v) is 4.81. The van der Waals surface area contributed by atoms with Gasteiger partial charge >= 0.3 is 0 Å². The molecule has 0 aromatic heterocycles. The van der Waals surface area contributed by atoms with Gasteiger partial charge < -0.3 is 5.11 Å². The maximum atomic E-state index is 7.57. The van der Waals surface area contributed by atoms with Crippen molar-refractivity contribution in [3.05, 3.63) is 0 Å². The van der Waals surface area contributed by atoms with Gasteiger partial charge in [0.05, 0.1) is 0 Å². The molecule has 1 saturated carbocycles. The Hall–Kier alpha value is -0.0400. The highest BCUT2D eigenvalue weighted by Crippen LogP contribution is 2.27. The molecule has 1 rings (SSSR count). The van der Waals surface area contributed by atoms with Gasteiger partial charge in [-0.2, -0.15) is 0 Å². The van der Waals surface area contributed by atoms with Crippen LogP contribution in [0.1, 0.15) is 46.5 Å². The minimum Gasteiger partial charge on any atom is -0.397 e. The molecule has 1 N–H and O–H groups in total. The van der Waals surface area contributed by atoms with E-state index in [1.54, 1.807) is 6.92 Å². The molecule has 0 aromatic carbocycles. The van der Waals surface area contributed by atoms with Crippen LogP contribution in [-0.2, 0) is 0 Å². The zero-order valence-electron chi connectivity index (χ0n) is 8.14. The van der Waals surface area contributed by atoms with Crippen molar-refractivity contribution in [1.82, 2.24) is 0 Å². The summed E-state index contributed by atoms with van der Waals surface area (Å²) in [5.41, 5.74) is 0. The maximum absolute atomic E-state index is 7.57. The highest BCUT2D eigenvalue weighted by Gasteiger charge is 2.13. The average Bonchev–Trinajstić information content (AvgIpc) is 1.97. The minimum absolute atomic E-state index is 0.250. The van der Waals surface area contributed by atoms with Gasteiger partial charge in [-0.3, -0.25) is 0 Å². The molecule has 1 fully saturated rings.